The van der Waals surface area contributed by atoms with Gasteiger partial charge in [0.25, 0.3) is 0 Å². The van der Waals surface area contributed by atoms with Crippen molar-refractivity contribution in [3.8, 4) is 0 Å². The monoisotopic (exact) mass is 260 g/mol. The van der Waals surface area contributed by atoms with Gasteiger partial charge in [-0.15, -0.1) is 0 Å². The maximum absolute atomic E-state index is 12.7. The normalized spacial score (nSPS) is 13.9. The van der Waals surface area contributed by atoms with Crippen LogP contribution in [0.2, 0.25) is 0 Å². The number of nitrogens with two attached hydrogens (primary N) is 1. The summed E-state index contributed by atoms with van der Waals surface area (Å²) in [4.78, 5) is 14.6. The van der Waals surface area contributed by atoms with Crippen molar-refractivity contribution >= 4 is 17.3 Å². The summed E-state index contributed by atoms with van der Waals surface area (Å²) >= 11 is 0. The Morgan fingerprint density at radius 3 is 2.63 bits per heavy atom. The average molecular weight is 260 g/mol. The molecule has 0 saturated carbocycles. The highest BCUT2D eigenvalue weighted by atomic mass is 16.2. The molecule has 2 N–H and O–H groups in total. The molecule has 1 aliphatic rings. The molecular weight excluding hydrogens is 236 g/mol. The molecule has 1 aromatic rings. The van der Waals surface area contributed by atoms with Gasteiger partial charge in [0.05, 0.1) is 11.4 Å². The van der Waals surface area contributed by atoms with E-state index in [2.05, 4.69) is 19.9 Å². The molecule has 0 unspecified atom stereocenters. The minimum Gasteiger partial charge on any atom is -0.397 e. The van der Waals surface area contributed by atoms with Crippen LogP contribution in [0.15, 0.2) is 18.2 Å². The zero-order chi connectivity index (χ0) is 13.8. The van der Waals surface area contributed by atoms with Gasteiger partial charge in [-0.1, -0.05) is 38.8 Å². The largest absolute Gasteiger partial charge is 0.397 e. The van der Waals surface area contributed by atoms with Gasteiger partial charge in [0.1, 0.15) is 0 Å². The molecule has 0 fully saturated rings. The van der Waals surface area contributed by atoms with Crippen molar-refractivity contribution in [1.29, 1.82) is 0 Å². The van der Waals surface area contributed by atoms with E-state index in [0.717, 1.165) is 50.0 Å². The SMILES string of the molecule is CCCC(CCC)C(=O)N1CCc2cccc(N)c21. The molecule has 0 spiro atoms. The van der Waals surface area contributed by atoms with Gasteiger partial charge >= 0.3 is 0 Å². The van der Waals surface area contributed by atoms with Crippen molar-refractivity contribution in [2.75, 3.05) is 17.2 Å². The molecule has 1 heterocycles. The number of para-hydroxylation sites is 1. The van der Waals surface area contributed by atoms with E-state index >= 15 is 0 Å². The highest BCUT2D eigenvalue weighted by Gasteiger charge is 2.30. The second-order valence-electron chi connectivity index (χ2n) is 5.37. The summed E-state index contributed by atoms with van der Waals surface area (Å²) in [5.74, 6) is 0.418. The summed E-state index contributed by atoms with van der Waals surface area (Å²) in [5, 5.41) is 0. The van der Waals surface area contributed by atoms with Gasteiger partial charge in [-0.05, 0) is 30.9 Å². The van der Waals surface area contributed by atoms with Crippen LogP contribution in [-0.4, -0.2) is 12.5 Å². The molecule has 1 aliphatic heterocycles. The van der Waals surface area contributed by atoms with Crippen LogP contribution in [0.25, 0.3) is 0 Å². The molecule has 3 nitrogen and oxygen atoms in total. The first-order chi connectivity index (χ1) is 9.19. The number of amides is 1. The molecule has 0 atom stereocenters. The zero-order valence-corrected chi connectivity index (χ0v) is 12.0. The molecule has 0 radical (unpaired) electrons. The summed E-state index contributed by atoms with van der Waals surface area (Å²) in [6, 6.07) is 5.93. The fourth-order valence-corrected chi connectivity index (χ4v) is 3.02. The number of benzene rings is 1. The lowest BCUT2D eigenvalue weighted by Crippen LogP contribution is -2.35. The molecule has 0 aliphatic carbocycles. The number of carbonyl (C=O) groups excluding carboxylic acids is 1. The van der Waals surface area contributed by atoms with Crippen molar-refractivity contribution in [1.82, 2.24) is 0 Å². The lowest BCUT2D eigenvalue weighted by molar-refractivity contribution is -0.122. The van der Waals surface area contributed by atoms with Crippen LogP contribution in [0.3, 0.4) is 0 Å². The van der Waals surface area contributed by atoms with E-state index in [9.17, 15) is 4.79 Å². The lowest BCUT2D eigenvalue weighted by atomic mass is 9.96. The molecular formula is C16H24N2O. The van der Waals surface area contributed by atoms with Crippen LogP contribution < -0.4 is 10.6 Å². The Morgan fingerprint density at radius 2 is 2.00 bits per heavy atom. The first-order valence-corrected chi connectivity index (χ1v) is 7.37. The zero-order valence-electron chi connectivity index (χ0n) is 12.0. The molecule has 1 amide bonds. The number of hydrogen-bond acceptors (Lipinski definition) is 2. The fourth-order valence-electron chi connectivity index (χ4n) is 3.02. The molecule has 0 saturated heterocycles. The van der Waals surface area contributed by atoms with Crippen molar-refractivity contribution in [3.63, 3.8) is 0 Å². The maximum Gasteiger partial charge on any atom is 0.230 e. The highest BCUT2D eigenvalue weighted by Crippen LogP contribution is 2.35. The van der Waals surface area contributed by atoms with Crippen molar-refractivity contribution in [2.45, 2.75) is 46.0 Å². The quantitative estimate of drug-likeness (QED) is 0.825. The number of hydrogen-bond donors (Lipinski definition) is 1. The minimum atomic E-state index is 0.153. The molecule has 104 valence electrons. The predicted octanol–water partition coefficient (Wildman–Crippen LogP) is 3.37. The number of rotatable bonds is 5. The van der Waals surface area contributed by atoms with Crippen LogP contribution in [0.5, 0.6) is 0 Å². The van der Waals surface area contributed by atoms with Crippen LogP contribution in [-0.2, 0) is 11.2 Å². The van der Waals surface area contributed by atoms with Crippen molar-refractivity contribution < 1.29 is 4.79 Å². The topological polar surface area (TPSA) is 46.3 Å². The Morgan fingerprint density at radius 1 is 1.32 bits per heavy atom. The molecule has 2 rings (SSSR count). The molecule has 19 heavy (non-hydrogen) atoms. The van der Waals surface area contributed by atoms with Crippen molar-refractivity contribution in [2.24, 2.45) is 5.92 Å². The lowest BCUT2D eigenvalue weighted by Gasteiger charge is -2.24. The summed E-state index contributed by atoms with van der Waals surface area (Å²) in [6.07, 6.45) is 5.00. The van der Waals surface area contributed by atoms with Crippen molar-refractivity contribution in [3.05, 3.63) is 23.8 Å². The third-order valence-corrected chi connectivity index (χ3v) is 3.92. The van der Waals surface area contributed by atoms with Gasteiger partial charge in [0, 0.05) is 12.5 Å². The number of carbonyl (C=O) groups is 1. The average Bonchev–Trinajstić information content (AvgIpc) is 2.83. The number of fused-ring (bicyclic) bond motifs is 1. The van der Waals surface area contributed by atoms with E-state index in [-0.39, 0.29) is 11.8 Å². The van der Waals surface area contributed by atoms with E-state index in [1.807, 2.05) is 17.0 Å². The Bertz CT molecular complexity index is 450. The highest BCUT2D eigenvalue weighted by molar-refractivity contribution is 6.00. The smallest absolute Gasteiger partial charge is 0.230 e. The van der Waals surface area contributed by atoms with Gasteiger partial charge in [-0.3, -0.25) is 4.79 Å². The second-order valence-corrected chi connectivity index (χ2v) is 5.37. The van der Waals surface area contributed by atoms with E-state index in [1.54, 1.807) is 0 Å². The number of nitrogen functional groups attached to an aromatic ring is 1. The Labute approximate surface area is 115 Å². The van der Waals surface area contributed by atoms with E-state index in [4.69, 9.17) is 5.73 Å². The Balaban J connectivity index is 2.22. The first-order valence-electron chi connectivity index (χ1n) is 7.37. The first kappa shape index (κ1) is 13.9. The predicted molar refractivity (Wildman–Crippen MR) is 80.2 cm³/mol. The van der Waals surface area contributed by atoms with E-state index in [1.165, 1.54) is 5.56 Å². The summed E-state index contributed by atoms with van der Waals surface area (Å²) in [5.41, 5.74) is 8.96. The van der Waals surface area contributed by atoms with Gasteiger partial charge < -0.3 is 10.6 Å². The van der Waals surface area contributed by atoms with Gasteiger partial charge in [-0.2, -0.15) is 0 Å². The maximum atomic E-state index is 12.7. The number of nitrogens with zero attached hydrogens (tertiary/aromatic N) is 1. The third kappa shape index (κ3) is 2.75. The fraction of sp³-hybridized carbons (Fsp3) is 0.562. The van der Waals surface area contributed by atoms with Crippen LogP contribution in [0.1, 0.15) is 45.1 Å². The van der Waals surface area contributed by atoms with Crippen LogP contribution in [0.4, 0.5) is 11.4 Å². The molecule has 3 heteroatoms. The Hall–Kier alpha value is -1.51. The molecule has 0 bridgehead atoms. The van der Waals surface area contributed by atoms with Gasteiger partial charge in [0.15, 0.2) is 0 Å². The Kier molecular flexibility index (Phi) is 4.46. The summed E-state index contributed by atoms with van der Waals surface area (Å²) < 4.78 is 0. The van der Waals surface area contributed by atoms with Crippen LogP contribution >= 0.6 is 0 Å². The van der Waals surface area contributed by atoms with E-state index < -0.39 is 0 Å². The third-order valence-electron chi connectivity index (χ3n) is 3.92. The van der Waals surface area contributed by atoms with Gasteiger partial charge in [0.2, 0.25) is 5.91 Å². The van der Waals surface area contributed by atoms with Gasteiger partial charge in [-0.25, -0.2) is 0 Å². The number of anilines is 2. The van der Waals surface area contributed by atoms with Crippen LogP contribution in [0, 0.1) is 5.92 Å². The standard InChI is InChI=1S/C16H24N2O/c1-3-6-13(7-4-2)16(19)18-11-10-12-8-5-9-14(17)15(12)18/h5,8-9,13H,3-4,6-7,10-11,17H2,1-2H3. The summed E-state index contributed by atoms with van der Waals surface area (Å²) in [6.45, 7) is 5.07. The minimum absolute atomic E-state index is 0.153. The molecule has 1 aromatic carbocycles. The summed E-state index contributed by atoms with van der Waals surface area (Å²) in [7, 11) is 0. The molecule has 0 aromatic heterocycles. The van der Waals surface area contributed by atoms with E-state index in [0.29, 0.717) is 0 Å². The second kappa shape index (κ2) is 6.09.